The molecule has 0 aliphatic rings. The normalized spacial score (nSPS) is 11.5. The predicted octanol–water partition coefficient (Wildman–Crippen LogP) is 3.95. The van der Waals surface area contributed by atoms with Crippen LogP contribution in [0.15, 0.2) is 48.5 Å². The number of anilines is 1. The van der Waals surface area contributed by atoms with E-state index in [0.717, 1.165) is 22.4 Å². The van der Waals surface area contributed by atoms with Gasteiger partial charge >= 0.3 is 6.09 Å². The standard InChI is InChI=1S/C20H24N2O3/c1-4-17(19(23)22-18-14(2)9-8-10-15(18)3)21-20(24)25-13-16-11-6-5-7-12-16/h5-12,17H,4,13H2,1-3H3,(H,21,24)(H,22,23). The van der Waals surface area contributed by atoms with Gasteiger partial charge in [-0.3, -0.25) is 4.79 Å². The molecule has 0 heterocycles. The SMILES string of the molecule is CCC(NC(=O)OCc1ccccc1)C(=O)Nc1c(C)cccc1C. The van der Waals surface area contributed by atoms with E-state index in [9.17, 15) is 9.59 Å². The number of alkyl carbamates (subject to hydrolysis) is 1. The molecule has 2 rings (SSSR count). The van der Waals surface area contributed by atoms with Gasteiger partial charge < -0.3 is 15.4 Å². The fourth-order valence-corrected chi connectivity index (χ4v) is 2.48. The number of hydrogen-bond acceptors (Lipinski definition) is 3. The molecule has 1 unspecified atom stereocenters. The zero-order chi connectivity index (χ0) is 18.2. The van der Waals surface area contributed by atoms with Crippen molar-refractivity contribution in [3.8, 4) is 0 Å². The van der Waals surface area contributed by atoms with Crippen LogP contribution in [-0.2, 0) is 16.1 Å². The topological polar surface area (TPSA) is 67.4 Å². The number of amides is 2. The van der Waals surface area contributed by atoms with Gasteiger partial charge in [0.1, 0.15) is 12.6 Å². The monoisotopic (exact) mass is 340 g/mol. The van der Waals surface area contributed by atoms with Crippen molar-refractivity contribution < 1.29 is 14.3 Å². The first-order chi connectivity index (χ1) is 12.0. The molecular weight excluding hydrogens is 316 g/mol. The average Bonchev–Trinajstić information content (AvgIpc) is 2.62. The first-order valence-corrected chi connectivity index (χ1v) is 8.35. The van der Waals surface area contributed by atoms with Gasteiger partial charge in [0.2, 0.25) is 5.91 Å². The van der Waals surface area contributed by atoms with E-state index in [1.165, 1.54) is 0 Å². The molecule has 1 atom stereocenters. The molecule has 0 saturated heterocycles. The lowest BCUT2D eigenvalue weighted by Gasteiger charge is -2.18. The smallest absolute Gasteiger partial charge is 0.408 e. The molecule has 0 radical (unpaired) electrons. The van der Waals surface area contributed by atoms with Crippen LogP contribution in [0.25, 0.3) is 0 Å². The van der Waals surface area contributed by atoms with Crippen LogP contribution < -0.4 is 10.6 Å². The van der Waals surface area contributed by atoms with Crippen molar-refractivity contribution >= 4 is 17.7 Å². The van der Waals surface area contributed by atoms with Gasteiger partial charge in [-0.1, -0.05) is 55.5 Å². The van der Waals surface area contributed by atoms with Crippen LogP contribution in [0.1, 0.15) is 30.0 Å². The summed E-state index contributed by atoms with van der Waals surface area (Å²) in [7, 11) is 0. The van der Waals surface area contributed by atoms with Gasteiger partial charge in [0, 0.05) is 5.69 Å². The highest BCUT2D eigenvalue weighted by Crippen LogP contribution is 2.19. The van der Waals surface area contributed by atoms with Gasteiger partial charge in [-0.05, 0) is 37.0 Å². The molecule has 2 aromatic rings. The summed E-state index contributed by atoms with van der Waals surface area (Å²) < 4.78 is 5.18. The summed E-state index contributed by atoms with van der Waals surface area (Å²) in [4.78, 5) is 24.4. The Labute approximate surface area is 148 Å². The first-order valence-electron chi connectivity index (χ1n) is 8.35. The van der Waals surface area contributed by atoms with Crippen LogP contribution in [0.3, 0.4) is 0 Å². The van der Waals surface area contributed by atoms with Crippen molar-refractivity contribution in [1.82, 2.24) is 5.32 Å². The van der Waals surface area contributed by atoms with Gasteiger partial charge in [0.25, 0.3) is 0 Å². The number of benzene rings is 2. The molecule has 2 aromatic carbocycles. The van der Waals surface area contributed by atoms with E-state index in [1.54, 1.807) is 0 Å². The first kappa shape index (κ1) is 18.5. The van der Waals surface area contributed by atoms with Crippen molar-refractivity contribution in [3.05, 3.63) is 65.2 Å². The lowest BCUT2D eigenvalue weighted by molar-refractivity contribution is -0.118. The Bertz CT molecular complexity index is 709. The number of hydrogen-bond donors (Lipinski definition) is 2. The molecule has 0 fully saturated rings. The second-order valence-electron chi connectivity index (χ2n) is 5.92. The Morgan fingerprint density at radius 1 is 1.00 bits per heavy atom. The average molecular weight is 340 g/mol. The summed E-state index contributed by atoms with van der Waals surface area (Å²) in [5, 5.41) is 5.52. The van der Waals surface area contributed by atoms with Gasteiger partial charge in [-0.15, -0.1) is 0 Å². The zero-order valence-electron chi connectivity index (χ0n) is 14.8. The summed E-state index contributed by atoms with van der Waals surface area (Å²) in [5.74, 6) is -0.253. The molecule has 0 saturated carbocycles. The number of nitrogens with one attached hydrogen (secondary N) is 2. The van der Waals surface area contributed by atoms with Crippen LogP contribution in [-0.4, -0.2) is 18.0 Å². The molecule has 2 amide bonds. The highest BCUT2D eigenvalue weighted by atomic mass is 16.5. The van der Waals surface area contributed by atoms with Gasteiger partial charge in [0.15, 0.2) is 0 Å². The fourth-order valence-electron chi connectivity index (χ4n) is 2.48. The van der Waals surface area contributed by atoms with E-state index >= 15 is 0 Å². The van der Waals surface area contributed by atoms with Crippen LogP contribution >= 0.6 is 0 Å². The minimum Gasteiger partial charge on any atom is -0.445 e. The fraction of sp³-hybridized carbons (Fsp3) is 0.300. The van der Waals surface area contributed by atoms with Gasteiger partial charge in [-0.2, -0.15) is 0 Å². The number of ether oxygens (including phenoxy) is 1. The van der Waals surface area contributed by atoms with Crippen molar-refractivity contribution in [2.45, 2.75) is 39.8 Å². The van der Waals surface area contributed by atoms with Crippen LogP contribution in [0.2, 0.25) is 0 Å². The van der Waals surface area contributed by atoms with Crippen LogP contribution in [0.5, 0.6) is 0 Å². The third kappa shape index (κ3) is 5.35. The van der Waals surface area contributed by atoms with E-state index in [4.69, 9.17) is 4.74 Å². The molecule has 5 nitrogen and oxygen atoms in total. The molecule has 0 aliphatic heterocycles. The minimum absolute atomic E-state index is 0.168. The highest BCUT2D eigenvalue weighted by Gasteiger charge is 2.20. The number of carbonyl (C=O) groups is 2. The second-order valence-corrected chi connectivity index (χ2v) is 5.92. The van der Waals surface area contributed by atoms with Crippen molar-refractivity contribution in [1.29, 1.82) is 0 Å². The molecule has 2 N–H and O–H groups in total. The largest absolute Gasteiger partial charge is 0.445 e. The Morgan fingerprint density at radius 3 is 2.24 bits per heavy atom. The Kier molecular flexibility index (Phi) is 6.57. The number of para-hydroxylation sites is 1. The Balaban J connectivity index is 1.92. The zero-order valence-corrected chi connectivity index (χ0v) is 14.8. The number of aryl methyl sites for hydroxylation is 2. The lowest BCUT2D eigenvalue weighted by Crippen LogP contribution is -2.43. The quantitative estimate of drug-likeness (QED) is 0.837. The summed E-state index contributed by atoms with van der Waals surface area (Å²) in [5.41, 5.74) is 3.64. The van der Waals surface area contributed by atoms with E-state index < -0.39 is 12.1 Å². The second kappa shape index (κ2) is 8.87. The van der Waals surface area contributed by atoms with Crippen LogP contribution in [0.4, 0.5) is 10.5 Å². The maximum absolute atomic E-state index is 12.5. The van der Waals surface area contributed by atoms with E-state index in [0.29, 0.717) is 6.42 Å². The Hall–Kier alpha value is -2.82. The minimum atomic E-state index is -0.651. The van der Waals surface area contributed by atoms with E-state index in [2.05, 4.69) is 10.6 Å². The summed E-state index contributed by atoms with van der Waals surface area (Å²) >= 11 is 0. The van der Waals surface area contributed by atoms with Gasteiger partial charge in [-0.25, -0.2) is 4.79 Å². The van der Waals surface area contributed by atoms with Crippen molar-refractivity contribution in [3.63, 3.8) is 0 Å². The maximum Gasteiger partial charge on any atom is 0.408 e. The molecule has 0 aliphatic carbocycles. The number of carbonyl (C=O) groups excluding carboxylic acids is 2. The maximum atomic E-state index is 12.5. The molecule has 0 spiro atoms. The third-order valence-electron chi connectivity index (χ3n) is 3.96. The highest BCUT2D eigenvalue weighted by molar-refractivity contribution is 5.97. The molecule has 132 valence electrons. The summed E-state index contributed by atoms with van der Waals surface area (Å²) in [6.07, 6.45) is -0.135. The molecule has 5 heteroatoms. The molecular formula is C20H24N2O3. The third-order valence-corrected chi connectivity index (χ3v) is 3.96. The molecule has 25 heavy (non-hydrogen) atoms. The van der Waals surface area contributed by atoms with Crippen molar-refractivity contribution in [2.24, 2.45) is 0 Å². The summed E-state index contributed by atoms with van der Waals surface area (Å²) in [6, 6.07) is 14.6. The molecule has 0 bridgehead atoms. The van der Waals surface area contributed by atoms with Crippen LogP contribution in [0, 0.1) is 13.8 Å². The lowest BCUT2D eigenvalue weighted by atomic mass is 10.1. The van der Waals surface area contributed by atoms with Gasteiger partial charge in [0.05, 0.1) is 0 Å². The van der Waals surface area contributed by atoms with E-state index in [-0.39, 0.29) is 12.5 Å². The van der Waals surface area contributed by atoms with E-state index in [1.807, 2.05) is 69.3 Å². The number of rotatable bonds is 6. The predicted molar refractivity (Wildman–Crippen MR) is 98.4 cm³/mol. The summed E-state index contributed by atoms with van der Waals surface area (Å²) in [6.45, 7) is 5.88. The van der Waals surface area contributed by atoms with Crippen molar-refractivity contribution in [2.75, 3.05) is 5.32 Å². The Morgan fingerprint density at radius 2 is 1.64 bits per heavy atom. The molecule has 0 aromatic heterocycles.